The van der Waals surface area contributed by atoms with Gasteiger partial charge in [0.2, 0.25) is 11.7 Å². The Bertz CT molecular complexity index is 520. The monoisotopic (exact) mass is 247 g/mol. The number of rotatable bonds is 2. The summed E-state index contributed by atoms with van der Waals surface area (Å²) >= 11 is 1.94. The van der Waals surface area contributed by atoms with Gasteiger partial charge in [0.05, 0.1) is 0 Å². The van der Waals surface area contributed by atoms with Gasteiger partial charge in [-0.2, -0.15) is 16.7 Å². The lowest BCUT2D eigenvalue weighted by Crippen LogP contribution is -1.96. The number of benzene rings is 1. The lowest BCUT2D eigenvalue weighted by Gasteiger charge is -1.98. The smallest absolute Gasteiger partial charge is 0.230 e. The summed E-state index contributed by atoms with van der Waals surface area (Å²) in [5.74, 6) is 4.07. The van der Waals surface area contributed by atoms with Gasteiger partial charge in [0, 0.05) is 22.9 Å². The molecule has 88 valence electrons. The molecule has 1 aliphatic rings. The second kappa shape index (κ2) is 4.41. The van der Waals surface area contributed by atoms with Gasteiger partial charge in [0.1, 0.15) is 0 Å². The molecule has 0 radical (unpaired) electrons. The molecule has 0 spiro atoms. The van der Waals surface area contributed by atoms with Crippen molar-refractivity contribution in [2.75, 3.05) is 17.2 Å². The van der Waals surface area contributed by atoms with Crippen molar-refractivity contribution >= 4 is 17.4 Å². The zero-order chi connectivity index (χ0) is 11.7. The summed E-state index contributed by atoms with van der Waals surface area (Å²) in [5, 5.41) is 4.02. The fraction of sp³-hybridized carbons (Fsp3) is 0.333. The van der Waals surface area contributed by atoms with Gasteiger partial charge >= 0.3 is 0 Å². The van der Waals surface area contributed by atoms with Crippen LogP contribution in [0.15, 0.2) is 28.8 Å². The van der Waals surface area contributed by atoms with Crippen molar-refractivity contribution in [2.45, 2.75) is 12.3 Å². The van der Waals surface area contributed by atoms with Gasteiger partial charge < -0.3 is 10.3 Å². The third-order valence-electron chi connectivity index (χ3n) is 2.87. The molecular weight excluding hydrogens is 234 g/mol. The Kier molecular flexibility index (Phi) is 2.76. The molecule has 0 bridgehead atoms. The molecule has 0 aliphatic carbocycles. The summed E-state index contributed by atoms with van der Waals surface area (Å²) in [7, 11) is 0. The van der Waals surface area contributed by atoms with Crippen LogP contribution in [0.2, 0.25) is 0 Å². The maximum absolute atomic E-state index is 5.74. The van der Waals surface area contributed by atoms with Crippen LogP contribution in [0.5, 0.6) is 0 Å². The fourth-order valence-electron chi connectivity index (χ4n) is 1.93. The van der Waals surface area contributed by atoms with Crippen LogP contribution >= 0.6 is 11.8 Å². The van der Waals surface area contributed by atoms with Crippen molar-refractivity contribution in [1.29, 1.82) is 0 Å². The second-order valence-electron chi connectivity index (χ2n) is 4.14. The summed E-state index contributed by atoms with van der Waals surface area (Å²) in [5.41, 5.74) is 7.36. The summed E-state index contributed by atoms with van der Waals surface area (Å²) < 4.78 is 5.33. The molecule has 1 aromatic carbocycles. The molecule has 1 aliphatic heterocycles. The molecule has 3 rings (SSSR count). The highest BCUT2D eigenvalue weighted by molar-refractivity contribution is 7.99. The van der Waals surface area contributed by atoms with Crippen LogP contribution in [0.25, 0.3) is 11.4 Å². The minimum absolute atomic E-state index is 0.419. The van der Waals surface area contributed by atoms with E-state index >= 15 is 0 Å². The predicted molar refractivity (Wildman–Crippen MR) is 68.8 cm³/mol. The van der Waals surface area contributed by atoms with Gasteiger partial charge in [-0.3, -0.25) is 0 Å². The molecule has 4 nitrogen and oxygen atoms in total. The van der Waals surface area contributed by atoms with E-state index in [1.165, 1.54) is 5.75 Å². The molecule has 1 aromatic heterocycles. The molecule has 2 heterocycles. The number of hydrogen-bond donors (Lipinski definition) is 1. The van der Waals surface area contributed by atoms with Crippen molar-refractivity contribution in [3.05, 3.63) is 30.2 Å². The molecule has 2 N–H and O–H groups in total. The quantitative estimate of drug-likeness (QED) is 0.826. The van der Waals surface area contributed by atoms with E-state index in [4.69, 9.17) is 10.3 Å². The van der Waals surface area contributed by atoms with Crippen molar-refractivity contribution in [3.63, 3.8) is 0 Å². The topological polar surface area (TPSA) is 64.9 Å². The minimum atomic E-state index is 0.419. The van der Waals surface area contributed by atoms with E-state index in [0.29, 0.717) is 17.4 Å². The molecular formula is C12H13N3OS. The van der Waals surface area contributed by atoms with Crippen LogP contribution in [-0.4, -0.2) is 21.6 Å². The van der Waals surface area contributed by atoms with Gasteiger partial charge in [0.15, 0.2) is 0 Å². The average molecular weight is 247 g/mol. The summed E-state index contributed by atoms with van der Waals surface area (Å²) in [6.07, 6.45) is 1.13. The van der Waals surface area contributed by atoms with E-state index < -0.39 is 0 Å². The summed E-state index contributed by atoms with van der Waals surface area (Å²) in [4.78, 5) is 4.46. The van der Waals surface area contributed by atoms with Gasteiger partial charge in [0.25, 0.3) is 0 Å². The first-order valence-corrected chi connectivity index (χ1v) is 6.75. The summed E-state index contributed by atoms with van der Waals surface area (Å²) in [6.45, 7) is 0. The number of nitrogens with zero attached hydrogens (tertiary/aromatic N) is 2. The van der Waals surface area contributed by atoms with E-state index in [9.17, 15) is 0 Å². The lowest BCUT2D eigenvalue weighted by atomic mass is 10.1. The molecule has 0 saturated carbocycles. The van der Waals surface area contributed by atoms with Crippen LogP contribution in [0.4, 0.5) is 5.69 Å². The van der Waals surface area contributed by atoms with Crippen LogP contribution in [0.3, 0.4) is 0 Å². The lowest BCUT2D eigenvalue weighted by molar-refractivity contribution is 0.361. The molecule has 0 amide bonds. The zero-order valence-electron chi connectivity index (χ0n) is 9.30. The van der Waals surface area contributed by atoms with Gasteiger partial charge in [-0.1, -0.05) is 17.3 Å². The predicted octanol–water partition coefficient (Wildman–Crippen LogP) is 2.54. The molecule has 17 heavy (non-hydrogen) atoms. The van der Waals surface area contributed by atoms with E-state index in [1.54, 1.807) is 0 Å². The first-order valence-electron chi connectivity index (χ1n) is 5.60. The number of aromatic nitrogens is 2. The SMILES string of the molecule is Nc1cccc(-c2noc(C3CCSC3)n2)c1. The van der Waals surface area contributed by atoms with Gasteiger partial charge in [-0.15, -0.1) is 0 Å². The van der Waals surface area contributed by atoms with Crippen molar-refractivity contribution in [1.82, 2.24) is 10.1 Å². The van der Waals surface area contributed by atoms with Crippen molar-refractivity contribution in [3.8, 4) is 11.4 Å². The molecule has 5 heteroatoms. The van der Waals surface area contributed by atoms with Gasteiger partial charge in [-0.05, 0) is 24.3 Å². The Morgan fingerprint density at radius 1 is 1.41 bits per heavy atom. The van der Waals surface area contributed by atoms with E-state index in [0.717, 1.165) is 23.6 Å². The number of hydrogen-bond acceptors (Lipinski definition) is 5. The molecule has 1 saturated heterocycles. The van der Waals surface area contributed by atoms with Crippen molar-refractivity contribution in [2.24, 2.45) is 0 Å². The Morgan fingerprint density at radius 3 is 3.12 bits per heavy atom. The van der Waals surface area contributed by atoms with Gasteiger partial charge in [-0.25, -0.2) is 0 Å². The highest BCUT2D eigenvalue weighted by Crippen LogP contribution is 2.32. The first-order chi connectivity index (χ1) is 8.33. The highest BCUT2D eigenvalue weighted by Gasteiger charge is 2.23. The van der Waals surface area contributed by atoms with E-state index in [1.807, 2.05) is 36.0 Å². The first kappa shape index (κ1) is 10.7. The number of nitrogen functional groups attached to an aromatic ring is 1. The maximum atomic E-state index is 5.74. The zero-order valence-corrected chi connectivity index (χ0v) is 10.1. The highest BCUT2D eigenvalue weighted by atomic mass is 32.2. The Labute approximate surface area is 104 Å². The Hall–Kier alpha value is -1.49. The summed E-state index contributed by atoms with van der Waals surface area (Å²) in [6, 6.07) is 7.54. The van der Waals surface area contributed by atoms with Crippen molar-refractivity contribution < 1.29 is 4.52 Å². The minimum Gasteiger partial charge on any atom is -0.399 e. The molecule has 2 aromatic rings. The van der Waals surface area contributed by atoms with E-state index in [2.05, 4.69) is 10.1 Å². The third kappa shape index (κ3) is 2.15. The standard InChI is InChI=1S/C12H13N3OS/c13-10-3-1-2-8(6-10)11-14-12(16-15-11)9-4-5-17-7-9/h1-3,6,9H,4-5,7,13H2. The third-order valence-corrected chi connectivity index (χ3v) is 4.03. The molecule has 1 unspecified atom stereocenters. The second-order valence-corrected chi connectivity index (χ2v) is 5.29. The van der Waals surface area contributed by atoms with Crippen LogP contribution in [-0.2, 0) is 0 Å². The van der Waals surface area contributed by atoms with Crippen LogP contribution in [0, 0.1) is 0 Å². The number of anilines is 1. The van der Waals surface area contributed by atoms with Crippen LogP contribution in [0.1, 0.15) is 18.2 Å². The Balaban J connectivity index is 1.89. The van der Waals surface area contributed by atoms with E-state index in [-0.39, 0.29) is 0 Å². The molecule has 1 atom stereocenters. The molecule has 1 fully saturated rings. The number of nitrogens with two attached hydrogens (primary N) is 1. The largest absolute Gasteiger partial charge is 0.399 e. The normalized spacial score (nSPS) is 19.6. The fourth-order valence-corrected chi connectivity index (χ4v) is 3.14. The van der Waals surface area contributed by atoms with Crippen LogP contribution < -0.4 is 5.73 Å². The maximum Gasteiger partial charge on any atom is 0.230 e. The Morgan fingerprint density at radius 2 is 2.35 bits per heavy atom. The number of thioether (sulfide) groups is 1. The average Bonchev–Trinajstić information content (AvgIpc) is 3.00.